The molecule has 4 rings (SSSR count). The Morgan fingerprint density at radius 2 is 1.90 bits per heavy atom. The Kier molecular flexibility index (Phi) is 5.36. The lowest BCUT2D eigenvalue weighted by Crippen LogP contribution is -2.31. The molecule has 10 heteroatoms. The fraction of sp³-hybridized carbons (Fsp3) is 0.263. The van der Waals surface area contributed by atoms with E-state index in [1.54, 1.807) is 56.0 Å². The Labute approximate surface area is 168 Å². The number of methoxy groups -OCH3 is 1. The van der Waals surface area contributed by atoms with Crippen molar-refractivity contribution < 1.29 is 13.2 Å². The van der Waals surface area contributed by atoms with E-state index in [0.717, 1.165) is 6.42 Å². The standard InChI is InChI=1S/C19H20N6O3S/c1-28-15-4-6-16(7-5-15)29(26,27)25-10-2-3-18(25)17-8-9-22-19(24-17)23-14-11-20-13-21-12-14/h4-9,11-13,18H,2-3,10H2,1H3,(H,22,23,24)/t18-/m1/s1. The van der Waals surface area contributed by atoms with E-state index < -0.39 is 10.0 Å². The Morgan fingerprint density at radius 1 is 1.14 bits per heavy atom. The van der Waals surface area contributed by atoms with Gasteiger partial charge in [-0.15, -0.1) is 0 Å². The normalized spacial score (nSPS) is 17.2. The largest absolute Gasteiger partial charge is 0.497 e. The molecule has 0 bridgehead atoms. The molecule has 1 saturated heterocycles. The lowest BCUT2D eigenvalue weighted by Gasteiger charge is -2.24. The molecule has 3 heterocycles. The first kappa shape index (κ1) is 19.2. The zero-order valence-electron chi connectivity index (χ0n) is 15.8. The summed E-state index contributed by atoms with van der Waals surface area (Å²) >= 11 is 0. The van der Waals surface area contributed by atoms with Crippen molar-refractivity contribution in [3.63, 3.8) is 0 Å². The number of benzene rings is 1. The number of nitrogens with zero attached hydrogens (tertiary/aromatic N) is 5. The van der Waals surface area contributed by atoms with Crippen LogP contribution in [-0.2, 0) is 10.0 Å². The van der Waals surface area contributed by atoms with Crippen LogP contribution in [0.5, 0.6) is 5.75 Å². The minimum atomic E-state index is -3.66. The molecular formula is C19H20N6O3S. The number of anilines is 2. The highest BCUT2D eigenvalue weighted by atomic mass is 32.2. The second-order valence-corrected chi connectivity index (χ2v) is 8.40. The van der Waals surface area contributed by atoms with Crippen LogP contribution in [0.4, 0.5) is 11.6 Å². The third-order valence-corrected chi connectivity index (χ3v) is 6.63. The predicted molar refractivity (Wildman–Crippen MR) is 106 cm³/mol. The lowest BCUT2D eigenvalue weighted by molar-refractivity contribution is 0.390. The van der Waals surface area contributed by atoms with Gasteiger partial charge in [-0.1, -0.05) is 0 Å². The number of hydrogen-bond donors (Lipinski definition) is 1. The van der Waals surface area contributed by atoms with Crippen molar-refractivity contribution in [2.45, 2.75) is 23.8 Å². The summed E-state index contributed by atoms with van der Waals surface area (Å²) in [5, 5.41) is 3.04. The van der Waals surface area contributed by atoms with E-state index in [9.17, 15) is 8.42 Å². The van der Waals surface area contributed by atoms with Gasteiger partial charge in [0.05, 0.1) is 41.8 Å². The second kappa shape index (κ2) is 8.10. The minimum absolute atomic E-state index is 0.235. The molecule has 0 spiro atoms. The summed E-state index contributed by atoms with van der Waals surface area (Å²) in [6.45, 7) is 0.443. The highest BCUT2D eigenvalue weighted by molar-refractivity contribution is 7.89. The molecule has 29 heavy (non-hydrogen) atoms. The van der Waals surface area contributed by atoms with E-state index in [0.29, 0.717) is 36.0 Å². The fourth-order valence-corrected chi connectivity index (χ4v) is 4.99. The van der Waals surface area contributed by atoms with Gasteiger partial charge in [0.1, 0.15) is 12.1 Å². The van der Waals surface area contributed by atoms with Gasteiger partial charge in [-0.3, -0.25) is 0 Å². The zero-order chi connectivity index (χ0) is 20.3. The van der Waals surface area contributed by atoms with Gasteiger partial charge in [-0.05, 0) is 43.2 Å². The molecule has 0 radical (unpaired) electrons. The van der Waals surface area contributed by atoms with Gasteiger partial charge in [0.15, 0.2) is 0 Å². The first-order valence-electron chi connectivity index (χ1n) is 9.09. The molecule has 150 valence electrons. The van der Waals surface area contributed by atoms with Crippen molar-refractivity contribution in [3.8, 4) is 5.75 Å². The molecule has 1 atom stereocenters. The zero-order valence-corrected chi connectivity index (χ0v) is 16.6. The average Bonchev–Trinajstić information content (AvgIpc) is 3.26. The van der Waals surface area contributed by atoms with Crippen LogP contribution in [0.25, 0.3) is 0 Å². The van der Waals surface area contributed by atoms with Crippen LogP contribution in [0.2, 0.25) is 0 Å². The summed E-state index contributed by atoms with van der Waals surface area (Å²) < 4.78 is 33.0. The van der Waals surface area contributed by atoms with Crippen molar-refractivity contribution in [2.75, 3.05) is 19.0 Å². The molecular weight excluding hydrogens is 392 g/mol. The van der Waals surface area contributed by atoms with E-state index in [2.05, 4.69) is 25.3 Å². The van der Waals surface area contributed by atoms with Gasteiger partial charge in [-0.2, -0.15) is 4.31 Å². The molecule has 0 aliphatic carbocycles. The number of hydrogen-bond acceptors (Lipinski definition) is 8. The molecule has 9 nitrogen and oxygen atoms in total. The number of ether oxygens (including phenoxy) is 1. The fourth-order valence-electron chi connectivity index (χ4n) is 3.32. The van der Waals surface area contributed by atoms with Gasteiger partial charge in [0.2, 0.25) is 16.0 Å². The molecule has 1 fully saturated rings. The van der Waals surface area contributed by atoms with Crippen molar-refractivity contribution in [1.82, 2.24) is 24.2 Å². The molecule has 1 aliphatic heterocycles. The second-order valence-electron chi connectivity index (χ2n) is 6.51. The predicted octanol–water partition coefficient (Wildman–Crippen LogP) is 2.54. The Bertz CT molecular complexity index is 1080. The topological polar surface area (TPSA) is 110 Å². The van der Waals surface area contributed by atoms with Gasteiger partial charge in [0.25, 0.3) is 0 Å². The molecule has 2 aromatic heterocycles. The van der Waals surface area contributed by atoms with Crippen LogP contribution in [0, 0.1) is 0 Å². The van der Waals surface area contributed by atoms with Crippen LogP contribution in [0.3, 0.4) is 0 Å². The summed E-state index contributed by atoms with van der Waals surface area (Å²) in [6, 6.07) is 7.81. The maximum atomic E-state index is 13.2. The van der Waals surface area contributed by atoms with E-state index >= 15 is 0 Å². The maximum absolute atomic E-state index is 13.2. The number of aromatic nitrogens is 4. The summed E-state index contributed by atoms with van der Waals surface area (Å²) in [4.78, 5) is 16.9. The maximum Gasteiger partial charge on any atom is 0.243 e. The first-order chi connectivity index (χ1) is 14.1. The molecule has 1 aromatic carbocycles. The van der Waals surface area contributed by atoms with Crippen LogP contribution in [-0.4, -0.2) is 46.3 Å². The molecule has 0 amide bonds. The number of sulfonamides is 1. The first-order valence-corrected chi connectivity index (χ1v) is 10.5. The summed E-state index contributed by atoms with van der Waals surface area (Å²) in [6.07, 6.45) is 7.73. The van der Waals surface area contributed by atoms with Gasteiger partial charge >= 0.3 is 0 Å². The average molecular weight is 412 g/mol. The van der Waals surface area contributed by atoms with Gasteiger partial charge < -0.3 is 10.1 Å². The number of rotatable bonds is 6. The van der Waals surface area contributed by atoms with E-state index in [-0.39, 0.29) is 10.9 Å². The van der Waals surface area contributed by atoms with Crippen molar-refractivity contribution >= 4 is 21.7 Å². The third-order valence-electron chi connectivity index (χ3n) is 4.70. The monoisotopic (exact) mass is 412 g/mol. The Balaban J connectivity index is 1.60. The van der Waals surface area contributed by atoms with E-state index in [4.69, 9.17) is 4.74 Å². The Hall–Kier alpha value is -3.11. The van der Waals surface area contributed by atoms with Gasteiger partial charge in [0, 0.05) is 12.7 Å². The molecule has 1 aliphatic rings. The molecule has 1 N–H and O–H groups in total. The summed E-state index contributed by atoms with van der Waals surface area (Å²) in [7, 11) is -2.11. The summed E-state index contributed by atoms with van der Waals surface area (Å²) in [5.41, 5.74) is 1.30. The minimum Gasteiger partial charge on any atom is -0.497 e. The molecule has 0 saturated carbocycles. The van der Waals surface area contributed by atoms with Crippen molar-refractivity contribution in [3.05, 3.63) is 60.9 Å². The van der Waals surface area contributed by atoms with E-state index in [1.165, 1.54) is 10.6 Å². The lowest BCUT2D eigenvalue weighted by atomic mass is 10.1. The van der Waals surface area contributed by atoms with Crippen LogP contribution >= 0.6 is 0 Å². The highest BCUT2D eigenvalue weighted by Crippen LogP contribution is 2.36. The van der Waals surface area contributed by atoms with Crippen LogP contribution < -0.4 is 10.1 Å². The smallest absolute Gasteiger partial charge is 0.243 e. The van der Waals surface area contributed by atoms with Crippen LogP contribution in [0.1, 0.15) is 24.6 Å². The molecule has 0 unspecified atom stereocenters. The van der Waals surface area contributed by atoms with E-state index in [1.807, 2.05) is 0 Å². The third kappa shape index (κ3) is 4.03. The van der Waals surface area contributed by atoms with Crippen LogP contribution in [0.15, 0.2) is 60.1 Å². The van der Waals surface area contributed by atoms with Crippen molar-refractivity contribution in [2.24, 2.45) is 0 Å². The van der Waals surface area contributed by atoms with Gasteiger partial charge in [-0.25, -0.2) is 28.4 Å². The van der Waals surface area contributed by atoms with Crippen molar-refractivity contribution in [1.29, 1.82) is 0 Å². The SMILES string of the molecule is COc1ccc(S(=O)(=O)N2CCC[C@@H]2c2ccnc(Nc3cncnc3)n2)cc1. The Morgan fingerprint density at radius 3 is 2.62 bits per heavy atom. The quantitative estimate of drug-likeness (QED) is 0.658. The highest BCUT2D eigenvalue weighted by Gasteiger charge is 2.37. The number of nitrogens with one attached hydrogen (secondary N) is 1. The molecule has 3 aromatic rings. The summed E-state index contributed by atoms with van der Waals surface area (Å²) in [5.74, 6) is 0.976.